The van der Waals surface area contributed by atoms with Crippen molar-refractivity contribution in [3.05, 3.63) is 201 Å². The third-order valence-electron chi connectivity index (χ3n) is 10.7. The molecule has 0 amide bonds. The van der Waals surface area contributed by atoms with E-state index in [0.29, 0.717) is 17.4 Å². The zero-order valence-electron chi connectivity index (χ0n) is 34.6. The van der Waals surface area contributed by atoms with Crippen LogP contribution in [0, 0.1) is 116 Å². The number of ketones is 1. The van der Waals surface area contributed by atoms with Crippen LogP contribution in [-0.2, 0) is 6.54 Å². The van der Waals surface area contributed by atoms with Crippen molar-refractivity contribution in [3.63, 3.8) is 0 Å². The zero-order valence-corrected chi connectivity index (χ0v) is 34.6. The topological polar surface area (TPSA) is 43.1 Å². The minimum atomic E-state index is -7.22. The van der Waals surface area contributed by atoms with Gasteiger partial charge in [-0.25, -0.2) is 92.8 Å². The molecule has 0 aliphatic carbocycles. The lowest BCUT2D eigenvalue weighted by atomic mass is 9.12. The van der Waals surface area contributed by atoms with Gasteiger partial charge in [-0.3, -0.25) is 4.79 Å². The van der Waals surface area contributed by atoms with E-state index >= 15 is 35.1 Å². The zero-order chi connectivity index (χ0) is 52.0. The Morgan fingerprint density at radius 2 is 0.786 bits per heavy atom. The minimum Gasteiger partial charge on any atom is -0.404 e. The normalized spacial score (nSPS) is 11.5. The maximum Gasteiger partial charge on any atom is 0.392 e. The van der Waals surface area contributed by atoms with Crippen molar-refractivity contribution in [3.8, 4) is 11.6 Å². The highest BCUT2D eigenvalue weighted by atomic mass is 19.2. The van der Waals surface area contributed by atoms with E-state index in [-0.39, 0.29) is 12.3 Å². The first-order valence-electron chi connectivity index (χ1n) is 19.3. The highest BCUT2D eigenvalue weighted by Gasteiger charge is 2.52. The molecule has 6 aromatic carbocycles. The lowest BCUT2D eigenvalue weighted by Gasteiger charge is -2.44. The smallest absolute Gasteiger partial charge is 0.392 e. The molecule has 70 heavy (non-hydrogen) atoms. The summed E-state index contributed by atoms with van der Waals surface area (Å²) in [4.78, 5) is 16.6. The summed E-state index contributed by atoms with van der Waals surface area (Å²) >= 11 is 0. The van der Waals surface area contributed by atoms with E-state index in [1.807, 2.05) is 42.5 Å². The number of rotatable bonds is 10. The third-order valence-corrected chi connectivity index (χ3v) is 10.7. The van der Waals surface area contributed by atoms with Crippen LogP contribution in [0.5, 0.6) is 11.6 Å². The highest BCUT2D eigenvalue weighted by Crippen LogP contribution is 2.31. The van der Waals surface area contributed by atoms with E-state index in [1.54, 1.807) is 23.2 Å². The fourth-order valence-corrected chi connectivity index (χ4v) is 7.37. The molecule has 0 atom stereocenters. The second-order valence-corrected chi connectivity index (χ2v) is 15.0. The van der Waals surface area contributed by atoms with Crippen molar-refractivity contribution in [2.45, 2.75) is 26.3 Å². The van der Waals surface area contributed by atoms with Gasteiger partial charge in [-0.2, -0.15) is 4.57 Å². The van der Waals surface area contributed by atoms with Gasteiger partial charge in [-0.1, -0.05) is 56.3 Å². The van der Waals surface area contributed by atoms with Crippen LogP contribution in [-0.4, -0.2) is 16.9 Å². The molecule has 0 aliphatic rings. The van der Waals surface area contributed by atoms with E-state index in [2.05, 4.69) is 31.0 Å². The van der Waals surface area contributed by atoms with Crippen molar-refractivity contribution in [1.82, 2.24) is 4.98 Å². The second-order valence-electron chi connectivity index (χ2n) is 15.0. The highest BCUT2D eigenvalue weighted by molar-refractivity contribution is 7.20. The van der Waals surface area contributed by atoms with Gasteiger partial charge in [0.25, 0.3) is 0 Å². The van der Waals surface area contributed by atoms with Gasteiger partial charge in [0.05, 0.1) is 6.20 Å². The Morgan fingerprint density at radius 1 is 0.471 bits per heavy atom. The van der Waals surface area contributed by atoms with Crippen LogP contribution >= 0.6 is 0 Å². The van der Waals surface area contributed by atoms with E-state index in [9.17, 15) is 57.5 Å². The molecular weight excluding hydrogens is 991 g/mol. The Morgan fingerprint density at radius 3 is 1.10 bits per heavy atom. The summed E-state index contributed by atoms with van der Waals surface area (Å²) in [5, 5.41) is 0. The van der Waals surface area contributed by atoms with Gasteiger partial charge in [0.2, 0.25) is 12.3 Å². The molecule has 4 nitrogen and oxygen atoms in total. The Labute approximate surface area is 378 Å². The molecule has 0 N–H and O–H groups in total. The number of hydrogen-bond acceptors (Lipinski definition) is 3. The van der Waals surface area contributed by atoms with Gasteiger partial charge < -0.3 is 4.74 Å². The van der Waals surface area contributed by atoms with Crippen LogP contribution in [0.3, 0.4) is 0 Å². The number of benzene rings is 6. The van der Waals surface area contributed by atoms with Gasteiger partial charge in [-0.15, -0.1) is 21.9 Å². The number of hydrogen-bond donors (Lipinski definition) is 0. The molecule has 1 heterocycles. The SMILES string of the molecule is CC(C)c1ccc(Oc2cncc[n+]2CC(=O)c2ccccc2)cc1.Fc1c(F)c(F)c([B-](c2c(F)c(F)c(F)c(F)c2F)(c2c(F)c(F)c(F)c(F)c2F)c2c(F)c(F)c(F)c(F)c2F)c(F)c1F. The van der Waals surface area contributed by atoms with Crippen LogP contribution in [0.25, 0.3) is 0 Å². The first kappa shape index (κ1) is 51.9. The van der Waals surface area contributed by atoms with E-state index in [0.717, 1.165) is 5.75 Å². The van der Waals surface area contributed by atoms with Crippen molar-refractivity contribution in [2.24, 2.45) is 0 Å². The molecule has 25 heteroatoms. The molecule has 0 bridgehead atoms. The predicted octanol–water partition coefficient (Wildman–Crippen LogP) is 10.0. The molecule has 7 rings (SSSR count). The monoisotopic (exact) mass is 1010 g/mol. The van der Waals surface area contributed by atoms with Crippen LogP contribution in [0.4, 0.5) is 87.8 Å². The number of ether oxygens (including phenoxy) is 1. The number of aromatic nitrogens is 2. The summed E-state index contributed by atoms with van der Waals surface area (Å²) < 4.78 is 302. The average molecular weight is 1010 g/mol. The van der Waals surface area contributed by atoms with Gasteiger partial charge in [0.15, 0.2) is 76.0 Å². The van der Waals surface area contributed by atoms with Crippen molar-refractivity contribution < 1.29 is 102 Å². The molecular formula is C45H21BF20N2O2. The molecule has 0 radical (unpaired) electrons. The summed E-state index contributed by atoms with van der Waals surface area (Å²) in [5.41, 5.74) is -12.4. The van der Waals surface area contributed by atoms with Gasteiger partial charge in [0, 0.05) is 5.56 Å². The van der Waals surface area contributed by atoms with Crippen molar-refractivity contribution >= 4 is 33.8 Å². The summed E-state index contributed by atoms with van der Waals surface area (Å²) in [6.45, 7) is 4.51. The van der Waals surface area contributed by atoms with Crippen LogP contribution in [0.1, 0.15) is 35.7 Å². The van der Waals surface area contributed by atoms with E-state index in [4.69, 9.17) is 4.74 Å². The first-order chi connectivity index (χ1) is 32.8. The lowest BCUT2D eigenvalue weighted by Crippen LogP contribution is -2.81. The molecule has 0 spiro atoms. The Kier molecular flexibility index (Phi) is 14.7. The number of nitrogens with zero attached hydrogens (tertiary/aromatic N) is 2. The molecule has 0 fully saturated rings. The van der Waals surface area contributed by atoms with E-state index in [1.165, 1.54) is 5.56 Å². The maximum absolute atomic E-state index is 15.4. The molecule has 0 unspecified atom stereocenters. The average Bonchev–Trinajstić information content (AvgIpc) is 3.35. The summed E-state index contributed by atoms with van der Waals surface area (Å²) in [6.07, 6.45) is -2.20. The summed E-state index contributed by atoms with van der Waals surface area (Å²) in [7, 11) is 0. The van der Waals surface area contributed by atoms with E-state index < -0.39 is 144 Å². The molecule has 0 aliphatic heterocycles. The van der Waals surface area contributed by atoms with Gasteiger partial charge >= 0.3 is 5.88 Å². The van der Waals surface area contributed by atoms with Crippen molar-refractivity contribution in [1.29, 1.82) is 0 Å². The standard InChI is InChI=1S/C24BF20.C21H21N2O2/c26-5-1(6(27)14(35)21(42)13(5)34)25(2-7(28)15(36)22(43)16(37)8(2)29,3-9(30)17(38)23(44)18(39)10(3)31)4-11(32)19(40)24(45)20(41)12(4)33;1-16(2)17-8-10-19(11-9-17)25-21-14-22-12-13-23(21)15-20(24)18-6-4-3-5-7-18/h;3-14,16H,15H2,1-2H3/q-1;+1. The molecule has 0 saturated heterocycles. The number of Topliss-reactive ketones (excluding diaryl/α,β-unsaturated/α-hetero) is 1. The summed E-state index contributed by atoms with van der Waals surface area (Å²) in [6, 6.07) is 17.2. The summed E-state index contributed by atoms with van der Waals surface area (Å²) in [5.74, 6) is -69.7. The van der Waals surface area contributed by atoms with Crippen molar-refractivity contribution in [2.75, 3.05) is 0 Å². The lowest BCUT2D eigenvalue weighted by molar-refractivity contribution is -0.687. The largest absolute Gasteiger partial charge is 0.404 e. The number of halogens is 20. The minimum absolute atomic E-state index is 0.0248. The Balaban J connectivity index is 0.000000270. The quantitative estimate of drug-likeness (QED) is 0.0343. The van der Waals surface area contributed by atoms with Crippen LogP contribution in [0.15, 0.2) is 73.2 Å². The number of carbonyl (C=O) groups excluding carboxylic acids is 1. The molecule has 0 saturated carbocycles. The molecule has 1 aromatic heterocycles. The second kappa shape index (κ2) is 19.9. The number of carbonyl (C=O) groups is 1. The fourth-order valence-electron chi connectivity index (χ4n) is 7.37. The predicted molar refractivity (Wildman–Crippen MR) is 205 cm³/mol. The third kappa shape index (κ3) is 8.65. The molecule has 366 valence electrons. The fraction of sp³-hybridized carbons (Fsp3) is 0.0889. The van der Waals surface area contributed by atoms with Crippen LogP contribution in [0.2, 0.25) is 0 Å². The van der Waals surface area contributed by atoms with Gasteiger partial charge in [-0.05, 0) is 23.6 Å². The maximum atomic E-state index is 15.4. The molecule has 7 aromatic rings. The Hall–Kier alpha value is -7.47. The van der Waals surface area contributed by atoms with Crippen LogP contribution < -0.4 is 31.2 Å². The van der Waals surface area contributed by atoms with Gasteiger partial charge in [0.1, 0.15) is 64.6 Å². The Bertz CT molecular complexity index is 2830. The first-order valence-corrected chi connectivity index (χ1v) is 19.3.